The first kappa shape index (κ1) is 23.0. The molecule has 1 aromatic rings. The number of carbonyl (C=O) groups is 2. The fourth-order valence-corrected chi connectivity index (χ4v) is 2.96. The van der Waals surface area contributed by atoms with Crippen LogP contribution in [0, 0.1) is 5.92 Å². The maximum atomic E-state index is 12.6. The van der Waals surface area contributed by atoms with Crippen molar-refractivity contribution >= 4 is 11.6 Å². The molecule has 0 spiro atoms. The van der Waals surface area contributed by atoms with E-state index in [0.717, 1.165) is 12.3 Å². The highest BCUT2D eigenvalue weighted by molar-refractivity contribution is 6.26. The summed E-state index contributed by atoms with van der Waals surface area (Å²) in [6, 6.07) is 7.11. The van der Waals surface area contributed by atoms with Crippen LogP contribution in [0.25, 0.3) is 0 Å². The van der Waals surface area contributed by atoms with E-state index in [9.17, 15) is 9.59 Å². The van der Waals surface area contributed by atoms with Crippen molar-refractivity contribution in [3.05, 3.63) is 58.2 Å². The van der Waals surface area contributed by atoms with Crippen LogP contribution in [0.4, 0.5) is 0 Å². The van der Waals surface area contributed by atoms with Gasteiger partial charge in [-0.2, -0.15) is 0 Å². The van der Waals surface area contributed by atoms with Crippen LogP contribution in [0.2, 0.25) is 0 Å². The number of allylic oxidation sites excluding steroid dienone is 4. The van der Waals surface area contributed by atoms with Crippen molar-refractivity contribution in [2.45, 2.75) is 68.2 Å². The van der Waals surface area contributed by atoms with E-state index in [1.165, 1.54) is 18.4 Å². The molecule has 0 saturated heterocycles. The number of fused-ring (bicyclic) bond motifs is 1. The molecule has 0 saturated carbocycles. The molecule has 2 rings (SSSR count). The predicted molar refractivity (Wildman–Crippen MR) is 108 cm³/mol. The first-order chi connectivity index (χ1) is 10.9. The molecule has 0 heterocycles. The van der Waals surface area contributed by atoms with Gasteiger partial charge >= 0.3 is 0 Å². The molecule has 0 N–H and O–H groups in total. The second-order valence-electron chi connectivity index (χ2n) is 6.85. The van der Waals surface area contributed by atoms with Gasteiger partial charge in [-0.05, 0) is 39.0 Å². The second kappa shape index (κ2) is 10.1. The molecule has 0 amide bonds. The number of ketones is 2. The van der Waals surface area contributed by atoms with E-state index >= 15 is 0 Å². The number of Topliss-reactive ketones (excluding diaryl/α,β-unsaturated/α-hetero) is 2. The summed E-state index contributed by atoms with van der Waals surface area (Å²) in [4.78, 5) is 25.1. The fourth-order valence-electron chi connectivity index (χ4n) is 2.96. The number of hydrogen-bond donors (Lipinski definition) is 0. The van der Waals surface area contributed by atoms with Gasteiger partial charge < -0.3 is 0 Å². The van der Waals surface area contributed by atoms with E-state index in [0.29, 0.717) is 28.7 Å². The summed E-state index contributed by atoms with van der Waals surface area (Å²) in [6.45, 7) is 8.35. The minimum absolute atomic E-state index is 0. The highest BCUT2D eigenvalue weighted by Crippen LogP contribution is 2.28. The second-order valence-corrected chi connectivity index (χ2v) is 6.85. The Labute approximate surface area is 154 Å². The van der Waals surface area contributed by atoms with E-state index in [4.69, 9.17) is 0 Å². The van der Waals surface area contributed by atoms with Gasteiger partial charge in [-0.3, -0.25) is 9.59 Å². The zero-order valence-electron chi connectivity index (χ0n) is 14.6. The third-order valence-electron chi connectivity index (χ3n) is 4.49. The quantitative estimate of drug-likeness (QED) is 0.532. The molecule has 0 fully saturated rings. The third kappa shape index (κ3) is 5.52. The Morgan fingerprint density at radius 3 is 2.16 bits per heavy atom. The molecule has 0 aliphatic heterocycles. The lowest BCUT2D eigenvalue weighted by molar-refractivity contribution is 0.0973. The van der Waals surface area contributed by atoms with Gasteiger partial charge in [-0.1, -0.05) is 71.0 Å². The van der Waals surface area contributed by atoms with Crippen molar-refractivity contribution in [1.29, 1.82) is 0 Å². The Balaban J connectivity index is 0.00000288. The summed E-state index contributed by atoms with van der Waals surface area (Å²) in [7, 11) is 0. The minimum atomic E-state index is -0.0129. The largest absolute Gasteiger partial charge is 0.289 e. The number of benzene rings is 1. The molecule has 25 heavy (non-hydrogen) atoms. The Morgan fingerprint density at radius 2 is 1.60 bits per heavy atom. The first-order valence-corrected chi connectivity index (χ1v) is 8.45. The SMILES string of the molecule is C.C.CC1=C(C/C=C(\C)CCCC(C)C)C(=O)c2ccccc2C1=O. The minimum Gasteiger partial charge on any atom is -0.289 e. The fraction of sp³-hybridized carbons (Fsp3) is 0.478. The average molecular weight is 343 g/mol. The van der Waals surface area contributed by atoms with E-state index in [1.807, 2.05) is 6.07 Å². The zero-order chi connectivity index (χ0) is 17.0. The molecule has 0 unspecified atom stereocenters. The topological polar surface area (TPSA) is 34.1 Å². The summed E-state index contributed by atoms with van der Waals surface area (Å²) in [5.74, 6) is 0.715. The van der Waals surface area contributed by atoms with Gasteiger partial charge in [-0.15, -0.1) is 0 Å². The van der Waals surface area contributed by atoms with E-state index in [-0.39, 0.29) is 26.4 Å². The molecule has 2 nitrogen and oxygen atoms in total. The highest BCUT2D eigenvalue weighted by atomic mass is 16.1. The van der Waals surface area contributed by atoms with Crippen LogP contribution in [0.15, 0.2) is 47.1 Å². The summed E-state index contributed by atoms with van der Waals surface area (Å²) >= 11 is 0. The van der Waals surface area contributed by atoms with Crippen molar-refractivity contribution in [3.8, 4) is 0 Å². The monoisotopic (exact) mass is 342 g/mol. The van der Waals surface area contributed by atoms with Gasteiger partial charge in [-0.25, -0.2) is 0 Å². The van der Waals surface area contributed by atoms with Crippen LogP contribution in [0.3, 0.4) is 0 Å². The third-order valence-corrected chi connectivity index (χ3v) is 4.49. The lowest BCUT2D eigenvalue weighted by Crippen LogP contribution is -2.20. The molecule has 1 aliphatic rings. The maximum absolute atomic E-state index is 12.6. The predicted octanol–water partition coefficient (Wildman–Crippen LogP) is 6.82. The van der Waals surface area contributed by atoms with E-state index in [1.54, 1.807) is 25.1 Å². The van der Waals surface area contributed by atoms with Crippen molar-refractivity contribution in [3.63, 3.8) is 0 Å². The maximum Gasteiger partial charge on any atom is 0.190 e. The van der Waals surface area contributed by atoms with Crippen LogP contribution in [-0.4, -0.2) is 11.6 Å². The molecule has 0 bridgehead atoms. The van der Waals surface area contributed by atoms with Gasteiger partial charge in [0, 0.05) is 22.3 Å². The normalized spacial score (nSPS) is 14.2. The van der Waals surface area contributed by atoms with Crippen LogP contribution >= 0.6 is 0 Å². The molecule has 1 aliphatic carbocycles. The van der Waals surface area contributed by atoms with Crippen molar-refractivity contribution in [2.24, 2.45) is 5.92 Å². The first-order valence-electron chi connectivity index (χ1n) is 8.45. The van der Waals surface area contributed by atoms with Crippen LogP contribution in [-0.2, 0) is 0 Å². The molecule has 0 aromatic heterocycles. The summed E-state index contributed by atoms with van der Waals surface area (Å²) in [5.41, 5.74) is 3.63. The average Bonchev–Trinajstić information content (AvgIpc) is 2.52. The Hall–Kier alpha value is -1.96. The lowest BCUT2D eigenvalue weighted by atomic mass is 9.83. The van der Waals surface area contributed by atoms with Crippen molar-refractivity contribution < 1.29 is 9.59 Å². The summed E-state index contributed by atoms with van der Waals surface area (Å²) < 4.78 is 0. The van der Waals surface area contributed by atoms with Crippen molar-refractivity contribution in [2.75, 3.05) is 0 Å². The Kier molecular flexibility index (Phi) is 9.33. The molecule has 1 aromatic carbocycles. The van der Waals surface area contributed by atoms with Gasteiger partial charge in [0.15, 0.2) is 11.6 Å². The van der Waals surface area contributed by atoms with Crippen LogP contribution in [0.1, 0.15) is 88.9 Å². The molecular formula is C23H34O2. The van der Waals surface area contributed by atoms with Gasteiger partial charge in [0.25, 0.3) is 0 Å². The smallest absolute Gasteiger partial charge is 0.190 e. The van der Waals surface area contributed by atoms with Gasteiger partial charge in [0.05, 0.1) is 0 Å². The number of rotatable bonds is 6. The molecule has 138 valence electrons. The molecule has 2 heteroatoms. The highest BCUT2D eigenvalue weighted by Gasteiger charge is 2.28. The summed E-state index contributed by atoms with van der Waals surface area (Å²) in [5, 5.41) is 0. The van der Waals surface area contributed by atoms with Crippen molar-refractivity contribution in [1.82, 2.24) is 0 Å². The number of carbonyl (C=O) groups excluding carboxylic acids is 2. The van der Waals surface area contributed by atoms with E-state index < -0.39 is 0 Å². The number of hydrogen-bond acceptors (Lipinski definition) is 2. The zero-order valence-corrected chi connectivity index (χ0v) is 14.6. The van der Waals surface area contributed by atoms with E-state index in [2.05, 4.69) is 26.8 Å². The molecule has 0 radical (unpaired) electrons. The van der Waals surface area contributed by atoms with Gasteiger partial charge in [0.2, 0.25) is 0 Å². The van der Waals surface area contributed by atoms with Gasteiger partial charge in [0.1, 0.15) is 0 Å². The molecule has 0 atom stereocenters. The lowest BCUT2D eigenvalue weighted by Gasteiger charge is -2.18. The standard InChI is InChI=1S/C21H26O2.2CH4/c1-14(2)8-7-9-15(3)12-13-17-16(4)20(22)18-10-5-6-11-19(18)21(17)23;;/h5-6,10-12,14H,7-9,13H2,1-4H3;2*1H4/b15-12+;;. The Bertz CT molecular complexity index is 675. The Morgan fingerprint density at radius 1 is 1.04 bits per heavy atom. The van der Waals surface area contributed by atoms with Crippen LogP contribution in [0.5, 0.6) is 0 Å². The molecular weight excluding hydrogens is 308 g/mol. The summed E-state index contributed by atoms with van der Waals surface area (Å²) in [6.07, 6.45) is 6.12. The van der Waals surface area contributed by atoms with Crippen LogP contribution < -0.4 is 0 Å².